The fraction of sp³-hybridized carbons (Fsp3) is 0. The maximum absolute atomic E-state index is 8.95. The fourth-order valence-electron chi connectivity index (χ4n) is 1.17. The van der Waals surface area contributed by atoms with E-state index in [9.17, 15) is 0 Å². The first kappa shape index (κ1) is 43.1. The van der Waals surface area contributed by atoms with Crippen molar-refractivity contribution in [3.63, 3.8) is 0 Å². The van der Waals surface area contributed by atoms with Crippen LogP contribution in [0.5, 0.6) is 0 Å². The van der Waals surface area contributed by atoms with Crippen molar-refractivity contribution in [1.29, 1.82) is 0 Å². The Morgan fingerprint density at radius 2 is 0.900 bits per heavy atom. The van der Waals surface area contributed by atoms with Crippen LogP contribution in [0.4, 0.5) is 0 Å². The van der Waals surface area contributed by atoms with Crippen LogP contribution in [0.2, 0.25) is 0 Å². The molecule has 1 aromatic carbocycles. The summed E-state index contributed by atoms with van der Waals surface area (Å²) in [6.07, 6.45) is 20.0. The van der Waals surface area contributed by atoms with Gasteiger partial charge in [0, 0.05) is 21.7 Å². The van der Waals surface area contributed by atoms with Crippen LogP contribution in [0.1, 0.15) is 5.56 Å². The van der Waals surface area contributed by atoms with Crippen LogP contribution in [0.15, 0.2) is 24.3 Å². The minimum Gasteiger partial charge on any atom is -0.0312 e. The predicted molar refractivity (Wildman–Crippen MR) is 94.0 cm³/mol. The van der Waals surface area contributed by atoms with Crippen LogP contribution < -0.4 is 0 Å². The zero-order valence-electron chi connectivity index (χ0n) is 15.5. The Morgan fingerprint density at radius 1 is 0.633 bits per heavy atom. The molecule has 10 radical (unpaired) electrons. The number of aliphatic hydroxyl groups is 1. The first-order valence-electron chi connectivity index (χ1n) is 6.86. The average molecular weight is 607 g/mol. The van der Waals surface area contributed by atoms with Gasteiger partial charge in [0.1, 0.15) is 0 Å². The largest absolute Gasteiger partial charge is 0.0312 e. The Hall–Kier alpha value is -0.847. The maximum atomic E-state index is 8.95. The quantitative estimate of drug-likeness (QED) is 0.295. The second kappa shape index (κ2) is 51.1. The molecule has 0 unspecified atom stereocenters. The van der Waals surface area contributed by atoms with Gasteiger partial charge in [0.25, 0.3) is 0 Å². The van der Waals surface area contributed by atoms with E-state index in [-0.39, 0.29) is 21.7 Å². The van der Waals surface area contributed by atoms with Crippen LogP contribution in [0.3, 0.4) is 0 Å². The van der Waals surface area contributed by atoms with Gasteiger partial charge in [-0.25, -0.2) is 0 Å². The third kappa shape index (κ3) is 41.5. The molecule has 1 aromatic rings. The van der Waals surface area contributed by atoms with E-state index in [1.807, 2.05) is 82.4 Å². The topological polar surface area (TPSA) is 120 Å². The summed E-state index contributed by atoms with van der Waals surface area (Å²) < 4.78 is 37.9. The van der Waals surface area contributed by atoms with Crippen molar-refractivity contribution in [1.82, 2.24) is 0 Å². The molecule has 1 N–H and O–H groups in total. The Balaban J connectivity index is -0.0000000604. The molecule has 150 valence electrons. The minimum atomic E-state index is 0. The summed E-state index contributed by atoms with van der Waals surface area (Å²) in [5, 5.41) is 8.95. The Bertz CT molecular complexity index is 470. The van der Waals surface area contributed by atoms with Gasteiger partial charge in [-0.3, -0.25) is 0 Å². The normalized spacial score (nSPS) is 11.0. The van der Waals surface area contributed by atoms with Crippen molar-refractivity contribution in [3.05, 3.63) is 133 Å². The van der Waals surface area contributed by atoms with E-state index in [2.05, 4.69) is 39.3 Å². The molecule has 6 nitrogen and oxygen atoms in total. The van der Waals surface area contributed by atoms with Gasteiger partial charge < -0.3 is 0 Å². The van der Waals surface area contributed by atoms with Gasteiger partial charge >= 0.3 is 121 Å². The van der Waals surface area contributed by atoms with Gasteiger partial charge in [0.2, 0.25) is 0 Å². The van der Waals surface area contributed by atoms with Crippen LogP contribution >= 0.6 is 0 Å². The summed E-state index contributed by atoms with van der Waals surface area (Å²) in [5.74, 6) is 0. The van der Waals surface area contributed by atoms with Crippen LogP contribution in [0, 0.1) is 104 Å². The average Bonchev–Trinajstić information content (AvgIpc) is 3.61. The Morgan fingerprint density at radius 3 is 1.03 bits per heavy atom. The zero-order valence-corrected chi connectivity index (χ0v) is 20.0. The van der Waals surface area contributed by atoms with E-state index in [0.717, 1.165) is 24.9 Å². The number of benzene rings is 1. The van der Waals surface area contributed by atoms with E-state index in [1.165, 1.54) is 0 Å². The molecule has 2 saturated carbocycles. The van der Waals surface area contributed by atoms with Crippen molar-refractivity contribution in [2.45, 2.75) is 0 Å². The van der Waals surface area contributed by atoms with Gasteiger partial charge in [-0.15, -0.1) is 0 Å². The Kier molecular flexibility index (Phi) is 73.4. The molecule has 0 aromatic heterocycles. The number of rotatable bonds is 1. The smallest absolute Gasteiger partial charge is 0 e. The molecule has 2 fully saturated rings. The molecular weight excluding hydrogens is 592 g/mol. The molecule has 2 aliphatic rings. The predicted octanol–water partition coefficient (Wildman–Crippen LogP) is 2.74. The summed E-state index contributed by atoms with van der Waals surface area (Å²) in [4.78, 5) is 0. The van der Waals surface area contributed by atoms with Crippen molar-refractivity contribution in [3.8, 4) is 0 Å². The molecule has 0 spiro atoms. The first-order chi connectivity index (χ1) is 14.3. The van der Waals surface area contributed by atoms with Crippen LogP contribution in [-0.4, -0.2) is 9.19 Å². The van der Waals surface area contributed by atoms with Crippen molar-refractivity contribution >= 4 is 4.08 Å². The van der Waals surface area contributed by atoms with Gasteiger partial charge in [-0.05, 0) is 64.2 Å². The second-order valence-corrected chi connectivity index (χ2v) is 4.90. The van der Waals surface area contributed by atoms with E-state index < -0.39 is 0 Å². The molecular formula is C22H15O6TiW-. The Labute approximate surface area is 206 Å². The first-order valence-corrected chi connectivity index (χ1v) is 8.33. The molecule has 0 atom stereocenters. The van der Waals surface area contributed by atoms with Crippen molar-refractivity contribution in [2.75, 3.05) is 0 Å². The molecule has 0 bridgehead atoms. The summed E-state index contributed by atoms with van der Waals surface area (Å²) in [7, 11) is 0. The standard InChI is InChI=1S/C7H5O.2C5H5.5CO.Ti.W/c8-6-7-4-2-1-3-5-7;2*1-2-4-5-3-1;5*1-2;;/h1-4,8H;2*1-5H;;;;;;;/q-1;;;;;;;;;. The van der Waals surface area contributed by atoms with E-state index >= 15 is 0 Å². The minimum absolute atomic E-state index is 0. The monoisotopic (exact) mass is 607 g/mol. The fourth-order valence-corrected chi connectivity index (χ4v) is 1.62. The molecule has 30 heavy (non-hydrogen) atoms. The van der Waals surface area contributed by atoms with Crippen LogP contribution in [0.25, 0.3) is 0 Å². The van der Waals surface area contributed by atoms with E-state index in [0.29, 0.717) is 4.08 Å². The second-order valence-electron chi connectivity index (χ2n) is 3.51. The number of aliphatic hydroxyl groups excluding tert-OH is 1. The molecule has 0 aliphatic heterocycles. The summed E-state index contributed by atoms with van der Waals surface area (Å²) >= 11 is 1.08. The SMILES string of the molecule is O[C](=[W])c1[c-]cccc1.[C-]#[O+].[C-]#[O+].[C-]#[O+].[C-]#[O+].[C-]#[O+].[CH]1[CH][CH][CH][CH]1.[CH]1[CH][CH][CH][CH]1.[Ti]. The van der Waals surface area contributed by atoms with Crippen LogP contribution in [-0.2, 0) is 64.3 Å². The van der Waals surface area contributed by atoms with Crippen molar-refractivity contribution in [2.24, 2.45) is 0 Å². The molecule has 0 heterocycles. The van der Waals surface area contributed by atoms with E-state index in [1.54, 1.807) is 6.07 Å². The summed E-state index contributed by atoms with van der Waals surface area (Å²) in [6.45, 7) is 22.5. The van der Waals surface area contributed by atoms with Gasteiger partial charge in [-0.1, -0.05) is 0 Å². The molecule has 2 aliphatic carbocycles. The maximum Gasteiger partial charge on any atom is 0 e. The number of hydrogen-bond acceptors (Lipinski definition) is 1. The number of hydrogen-bond donors (Lipinski definition) is 1. The molecule has 3 rings (SSSR count). The molecule has 0 saturated heterocycles. The third-order valence-corrected chi connectivity index (χ3v) is 2.84. The van der Waals surface area contributed by atoms with Gasteiger partial charge in [0.05, 0.1) is 0 Å². The van der Waals surface area contributed by atoms with Gasteiger partial charge in [0.15, 0.2) is 0 Å². The zero-order chi connectivity index (χ0) is 23.8. The molecule has 0 amide bonds. The van der Waals surface area contributed by atoms with E-state index in [4.69, 9.17) is 28.4 Å². The van der Waals surface area contributed by atoms with Crippen molar-refractivity contribution < 1.29 is 69.4 Å². The third-order valence-electron chi connectivity index (χ3n) is 2.05. The van der Waals surface area contributed by atoms with Gasteiger partial charge in [-0.2, -0.15) is 0 Å². The molecule has 8 heteroatoms. The summed E-state index contributed by atoms with van der Waals surface area (Å²) in [5.41, 5.74) is 0.799. The summed E-state index contributed by atoms with van der Waals surface area (Å²) in [6, 6.07) is 10.3.